The van der Waals surface area contributed by atoms with E-state index in [1.165, 1.54) is 6.92 Å². The highest BCUT2D eigenvalue weighted by Crippen LogP contribution is 2.66. The maximum absolute atomic E-state index is 13.5. The van der Waals surface area contributed by atoms with Gasteiger partial charge in [0.25, 0.3) is 0 Å². The molecule has 4 rings (SSSR count). The van der Waals surface area contributed by atoms with Gasteiger partial charge in [0, 0.05) is 37.5 Å². The summed E-state index contributed by atoms with van der Waals surface area (Å²) in [6, 6.07) is 0. The number of rotatable bonds is 3. The van der Waals surface area contributed by atoms with Crippen molar-refractivity contribution in [2.24, 2.45) is 28.6 Å². The molecule has 4 aliphatic carbocycles. The largest absolute Gasteiger partial charge is 0.458 e. The molecule has 4 aliphatic rings. The molecule has 0 heterocycles. The number of Topliss-reactive ketones (excluding diaryl/α,β-unsaturated/α-hetero) is 3. The molecule has 1 N–H and O–H groups in total. The fourth-order valence-electron chi connectivity index (χ4n) is 7.06. The molecule has 6 nitrogen and oxygen atoms in total. The van der Waals surface area contributed by atoms with Gasteiger partial charge in [-0.25, -0.2) is 0 Å². The standard InChI is InChI=1S/C23H30O6/c1-13(24)29-12-19(27)23(28)9-7-17-16-5-4-14-10-15(25)6-8-21(14,2)20(16)18(26)11-22(17,23)3/h4,16-17,20,28H,5-12H2,1-3H3/t16-,17-,20+,21-,22-,23-/m0/s1. The third kappa shape index (κ3) is 2.78. The van der Waals surface area contributed by atoms with Crippen LogP contribution in [-0.2, 0) is 23.9 Å². The summed E-state index contributed by atoms with van der Waals surface area (Å²) in [7, 11) is 0. The summed E-state index contributed by atoms with van der Waals surface area (Å²) < 4.78 is 4.86. The van der Waals surface area contributed by atoms with Crippen molar-refractivity contribution < 1.29 is 29.0 Å². The molecule has 0 unspecified atom stereocenters. The monoisotopic (exact) mass is 402 g/mol. The lowest BCUT2D eigenvalue weighted by Gasteiger charge is -2.57. The summed E-state index contributed by atoms with van der Waals surface area (Å²) in [4.78, 5) is 49.4. The Hall–Kier alpha value is -1.82. The van der Waals surface area contributed by atoms with E-state index in [4.69, 9.17) is 4.74 Å². The highest BCUT2D eigenvalue weighted by atomic mass is 16.5. The van der Waals surface area contributed by atoms with E-state index in [0.717, 1.165) is 5.57 Å². The van der Waals surface area contributed by atoms with E-state index in [9.17, 15) is 24.3 Å². The van der Waals surface area contributed by atoms with E-state index in [-0.39, 0.29) is 47.6 Å². The highest BCUT2D eigenvalue weighted by Gasteiger charge is 2.68. The zero-order valence-corrected chi connectivity index (χ0v) is 17.5. The van der Waals surface area contributed by atoms with Gasteiger partial charge in [-0.3, -0.25) is 19.2 Å². The molecule has 0 saturated heterocycles. The van der Waals surface area contributed by atoms with E-state index in [0.29, 0.717) is 32.1 Å². The predicted octanol–water partition coefficient (Wildman–Crippen LogP) is 2.56. The maximum atomic E-state index is 13.5. The van der Waals surface area contributed by atoms with Crippen molar-refractivity contribution in [1.82, 2.24) is 0 Å². The average Bonchev–Trinajstić information content (AvgIpc) is 2.91. The number of hydrogen-bond acceptors (Lipinski definition) is 6. The molecule has 0 aliphatic heterocycles. The van der Waals surface area contributed by atoms with Crippen LogP contribution < -0.4 is 0 Å². The van der Waals surface area contributed by atoms with Crippen molar-refractivity contribution in [2.45, 2.75) is 71.3 Å². The van der Waals surface area contributed by atoms with Gasteiger partial charge >= 0.3 is 5.97 Å². The highest BCUT2D eigenvalue weighted by molar-refractivity contribution is 5.93. The van der Waals surface area contributed by atoms with Gasteiger partial charge in [-0.1, -0.05) is 25.5 Å². The van der Waals surface area contributed by atoms with Crippen molar-refractivity contribution in [3.63, 3.8) is 0 Å². The topological polar surface area (TPSA) is 97.7 Å². The predicted molar refractivity (Wildman–Crippen MR) is 104 cm³/mol. The van der Waals surface area contributed by atoms with Gasteiger partial charge in [-0.05, 0) is 42.9 Å². The number of hydrogen-bond donors (Lipinski definition) is 1. The molecule has 0 aromatic heterocycles. The Labute approximate surface area is 171 Å². The molecule has 3 saturated carbocycles. The van der Waals surface area contributed by atoms with Crippen LogP contribution in [0.2, 0.25) is 0 Å². The molecule has 6 atom stereocenters. The van der Waals surface area contributed by atoms with Crippen molar-refractivity contribution in [2.75, 3.05) is 6.61 Å². The number of aliphatic hydroxyl groups is 1. The molecule has 0 radical (unpaired) electrons. The summed E-state index contributed by atoms with van der Waals surface area (Å²) in [6.45, 7) is 4.75. The molecule has 29 heavy (non-hydrogen) atoms. The summed E-state index contributed by atoms with van der Waals surface area (Å²) in [5.74, 6) is -0.776. The number of ketones is 3. The minimum atomic E-state index is -1.65. The van der Waals surface area contributed by atoms with Crippen LogP contribution in [0.15, 0.2) is 11.6 Å². The normalized spacial score (nSPS) is 43.7. The Kier molecular flexibility index (Phi) is 4.65. The maximum Gasteiger partial charge on any atom is 0.303 e. The summed E-state index contributed by atoms with van der Waals surface area (Å²) >= 11 is 0. The van der Waals surface area contributed by atoms with Gasteiger partial charge in [0.2, 0.25) is 5.78 Å². The molecule has 0 aromatic rings. The molecule has 0 amide bonds. The van der Waals surface area contributed by atoms with Crippen molar-refractivity contribution in [3.8, 4) is 0 Å². The van der Waals surface area contributed by atoms with Gasteiger partial charge in [0.05, 0.1) is 0 Å². The van der Waals surface area contributed by atoms with Gasteiger partial charge in [0.15, 0.2) is 6.61 Å². The third-order valence-electron chi connectivity index (χ3n) is 8.65. The van der Waals surface area contributed by atoms with Gasteiger partial charge in [0.1, 0.15) is 17.2 Å². The molecular formula is C23H30O6. The second kappa shape index (κ2) is 6.59. The summed E-state index contributed by atoms with van der Waals surface area (Å²) in [6.07, 6.45) is 5.62. The first kappa shape index (κ1) is 20.5. The Morgan fingerprint density at radius 2 is 1.97 bits per heavy atom. The van der Waals surface area contributed by atoms with E-state index in [1.807, 2.05) is 6.92 Å². The minimum Gasteiger partial charge on any atom is -0.458 e. The second-order valence-corrected chi connectivity index (χ2v) is 10.0. The summed E-state index contributed by atoms with van der Waals surface area (Å²) in [5, 5.41) is 11.4. The SMILES string of the molecule is CC(=O)OCC(=O)[C@@]1(O)CC[C@H]2[C@@H]3CC=C4CC(=O)CC[C@]4(C)[C@H]3C(=O)C[C@@]21C. The number of allylic oxidation sites excluding steroid dienone is 2. The van der Waals surface area contributed by atoms with E-state index < -0.39 is 29.4 Å². The summed E-state index contributed by atoms with van der Waals surface area (Å²) in [5.41, 5.74) is -1.70. The lowest BCUT2D eigenvalue weighted by molar-refractivity contribution is -0.172. The van der Waals surface area contributed by atoms with Crippen LogP contribution in [0.3, 0.4) is 0 Å². The number of esters is 1. The molecule has 158 valence electrons. The third-order valence-corrected chi connectivity index (χ3v) is 8.65. The molecule has 6 heteroatoms. The number of carbonyl (C=O) groups is 4. The van der Waals surface area contributed by atoms with Crippen LogP contribution in [0.1, 0.15) is 65.7 Å². The lowest BCUT2D eigenvalue weighted by Crippen LogP contribution is -2.60. The lowest BCUT2D eigenvalue weighted by atomic mass is 9.46. The Morgan fingerprint density at radius 1 is 1.24 bits per heavy atom. The smallest absolute Gasteiger partial charge is 0.303 e. The average molecular weight is 402 g/mol. The van der Waals surface area contributed by atoms with E-state index in [1.54, 1.807) is 0 Å². The quantitative estimate of drug-likeness (QED) is 0.576. The van der Waals surface area contributed by atoms with Crippen molar-refractivity contribution in [3.05, 3.63) is 11.6 Å². The van der Waals surface area contributed by atoms with E-state index >= 15 is 0 Å². The molecule has 3 fully saturated rings. The van der Waals surface area contributed by atoms with E-state index in [2.05, 4.69) is 13.0 Å². The molecule has 0 aromatic carbocycles. The van der Waals surface area contributed by atoms with Gasteiger partial charge < -0.3 is 9.84 Å². The van der Waals surface area contributed by atoms with Crippen LogP contribution in [0.5, 0.6) is 0 Å². The molecule has 0 spiro atoms. The minimum absolute atomic E-state index is 0.0451. The zero-order valence-electron chi connectivity index (χ0n) is 17.5. The van der Waals surface area contributed by atoms with Crippen LogP contribution in [0.4, 0.5) is 0 Å². The Balaban J connectivity index is 1.67. The molecule has 0 bridgehead atoms. The second-order valence-electron chi connectivity index (χ2n) is 10.0. The number of fused-ring (bicyclic) bond motifs is 5. The first-order valence-corrected chi connectivity index (χ1v) is 10.7. The molecular weight excluding hydrogens is 372 g/mol. The first-order chi connectivity index (χ1) is 13.5. The van der Waals surface area contributed by atoms with Gasteiger partial charge in [-0.2, -0.15) is 0 Å². The number of ether oxygens (including phenoxy) is 1. The van der Waals surface area contributed by atoms with Gasteiger partial charge in [-0.15, -0.1) is 0 Å². The Bertz CT molecular complexity index is 827. The zero-order chi connectivity index (χ0) is 21.2. The fourth-order valence-corrected chi connectivity index (χ4v) is 7.06. The van der Waals surface area contributed by atoms with Crippen molar-refractivity contribution in [1.29, 1.82) is 0 Å². The van der Waals surface area contributed by atoms with Crippen LogP contribution >= 0.6 is 0 Å². The van der Waals surface area contributed by atoms with Crippen LogP contribution in [-0.4, -0.2) is 40.6 Å². The Morgan fingerprint density at radius 3 is 2.66 bits per heavy atom. The number of carbonyl (C=O) groups excluding carboxylic acids is 4. The first-order valence-electron chi connectivity index (χ1n) is 10.7. The van der Waals surface area contributed by atoms with Crippen molar-refractivity contribution >= 4 is 23.3 Å². The fraction of sp³-hybridized carbons (Fsp3) is 0.739. The van der Waals surface area contributed by atoms with Crippen LogP contribution in [0.25, 0.3) is 0 Å². The van der Waals surface area contributed by atoms with Crippen LogP contribution in [0, 0.1) is 28.6 Å².